The molecule has 144 valence electrons. The van der Waals surface area contributed by atoms with Crippen molar-refractivity contribution in [1.82, 2.24) is 0 Å². The summed E-state index contributed by atoms with van der Waals surface area (Å²) < 4.78 is 0. The zero-order valence-corrected chi connectivity index (χ0v) is 17.1. The molecule has 3 aromatic carbocycles. The summed E-state index contributed by atoms with van der Waals surface area (Å²) in [6, 6.07) is 25.4. The van der Waals surface area contributed by atoms with Crippen molar-refractivity contribution in [1.29, 1.82) is 0 Å². The van der Waals surface area contributed by atoms with Gasteiger partial charge in [-0.25, -0.2) is 0 Å². The molecule has 1 aliphatic rings. The minimum atomic E-state index is -0.0450. The van der Waals surface area contributed by atoms with Gasteiger partial charge in [-0.2, -0.15) is 0 Å². The first kappa shape index (κ1) is 19.0. The number of carbonyl (C=O) groups is 1. The average molecular weight is 401 g/mol. The van der Waals surface area contributed by atoms with Crippen LogP contribution in [0.15, 0.2) is 90.5 Å². The van der Waals surface area contributed by atoms with Crippen LogP contribution in [0.1, 0.15) is 11.1 Å². The third kappa shape index (κ3) is 3.96. The first-order valence-electron chi connectivity index (χ1n) is 9.39. The first-order chi connectivity index (χ1) is 14.0. The Bertz CT molecular complexity index is 1080. The summed E-state index contributed by atoms with van der Waals surface area (Å²) in [4.78, 5) is 17.2. The molecule has 3 aromatic rings. The Morgan fingerprint density at radius 3 is 2.14 bits per heavy atom. The van der Waals surface area contributed by atoms with Gasteiger partial charge < -0.3 is 4.90 Å². The van der Waals surface area contributed by atoms with Crippen LogP contribution >= 0.6 is 11.6 Å². The highest BCUT2D eigenvalue weighted by Crippen LogP contribution is 2.35. The van der Waals surface area contributed by atoms with E-state index in [2.05, 4.69) is 0 Å². The summed E-state index contributed by atoms with van der Waals surface area (Å²) in [5.41, 5.74) is 5.37. The largest absolute Gasteiger partial charge is 0.378 e. The fourth-order valence-corrected chi connectivity index (χ4v) is 3.46. The lowest BCUT2D eigenvalue weighted by Gasteiger charge is -2.22. The van der Waals surface area contributed by atoms with Gasteiger partial charge in [0.15, 0.2) is 0 Å². The molecule has 1 aliphatic heterocycles. The van der Waals surface area contributed by atoms with Crippen LogP contribution in [0, 0.1) is 0 Å². The van der Waals surface area contributed by atoms with Gasteiger partial charge in [0.1, 0.15) is 0 Å². The van der Waals surface area contributed by atoms with Crippen LogP contribution < -0.4 is 9.80 Å². The standard InChI is InChI=1S/C25H21ClN2O/c1-27(2)22-12-14-23(15-13-22)28-24(19-6-4-3-5-7-19)17-20(25(28)29)16-18-8-10-21(26)11-9-18/h3-17H,1-2H3/b20-16+. The average Bonchev–Trinajstić information content (AvgIpc) is 3.06. The van der Waals surface area contributed by atoms with Crippen LogP contribution in [0.4, 0.5) is 11.4 Å². The highest BCUT2D eigenvalue weighted by Gasteiger charge is 2.30. The maximum atomic E-state index is 13.3. The Hall–Kier alpha value is -3.30. The molecule has 3 nitrogen and oxygen atoms in total. The second-order valence-electron chi connectivity index (χ2n) is 7.10. The Balaban J connectivity index is 1.78. The molecular formula is C25H21ClN2O. The van der Waals surface area contributed by atoms with Gasteiger partial charge in [0.25, 0.3) is 5.91 Å². The van der Waals surface area contributed by atoms with E-state index in [1.54, 1.807) is 4.90 Å². The maximum absolute atomic E-state index is 13.3. The third-order valence-corrected chi connectivity index (χ3v) is 5.12. The fraction of sp³-hybridized carbons (Fsp3) is 0.0800. The van der Waals surface area contributed by atoms with Gasteiger partial charge in [-0.05, 0) is 59.7 Å². The van der Waals surface area contributed by atoms with Gasteiger partial charge in [0.05, 0.1) is 5.70 Å². The maximum Gasteiger partial charge on any atom is 0.262 e. The first-order valence-corrected chi connectivity index (χ1v) is 9.77. The van der Waals surface area contributed by atoms with Crippen molar-refractivity contribution in [3.63, 3.8) is 0 Å². The van der Waals surface area contributed by atoms with Crippen LogP contribution in [-0.2, 0) is 4.79 Å². The molecule has 0 aliphatic carbocycles. The summed E-state index contributed by atoms with van der Waals surface area (Å²) in [5.74, 6) is -0.0450. The second-order valence-corrected chi connectivity index (χ2v) is 7.53. The molecule has 0 N–H and O–H groups in total. The normalized spacial score (nSPS) is 15.0. The molecule has 1 amide bonds. The number of nitrogens with zero attached hydrogens (tertiary/aromatic N) is 2. The zero-order valence-electron chi connectivity index (χ0n) is 16.3. The van der Waals surface area contributed by atoms with E-state index in [1.807, 2.05) is 110 Å². The third-order valence-electron chi connectivity index (χ3n) is 4.87. The number of rotatable bonds is 4. The number of anilines is 2. The molecule has 0 saturated carbocycles. The molecule has 4 heteroatoms. The number of halogens is 1. The summed E-state index contributed by atoms with van der Waals surface area (Å²) in [5, 5.41) is 0.674. The Morgan fingerprint density at radius 1 is 0.862 bits per heavy atom. The fourth-order valence-electron chi connectivity index (χ4n) is 3.33. The van der Waals surface area contributed by atoms with Crippen molar-refractivity contribution in [2.45, 2.75) is 0 Å². The van der Waals surface area contributed by atoms with E-state index in [-0.39, 0.29) is 5.91 Å². The molecule has 0 atom stereocenters. The molecule has 0 bridgehead atoms. The summed E-state index contributed by atoms with van der Waals surface area (Å²) in [6.07, 6.45) is 3.85. The minimum Gasteiger partial charge on any atom is -0.378 e. The molecular weight excluding hydrogens is 380 g/mol. The van der Waals surface area contributed by atoms with Gasteiger partial charge in [-0.1, -0.05) is 54.1 Å². The topological polar surface area (TPSA) is 23.6 Å². The van der Waals surface area contributed by atoms with Gasteiger partial charge in [0.2, 0.25) is 0 Å². The number of hydrogen-bond acceptors (Lipinski definition) is 2. The Morgan fingerprint density at radius 2 is 1.52 bits per heavy atom. The Kier molecular flexibility index (Phi) is 5.24. The molecule has 0 fully saturated rings. The summed E-state index contributed by atoms with van der Waals surface area (Å²) in [7, 11) is 4.00. The van der Waals surface area contributed by atoms with Gasteiger partial charge >= 0.3 is 0 Å². The predicted octanol–water partition coefficient (Wildman–Crippen LogP) is 5.88. The number of amides is 1. The molecule has 0 spiro atoms. The second kappa shape index (κ2) is 7.98. The van der Waals surface area contributed by atoms with Crippen molar-refractivity contribution in [2.75, 3.05) is 23.9 Å². The van der Waals surface area contributed by atoms with E-state index in [0.717, 1.165) is 28.2 Å². The van der Waals surface area contributed by atoms with Crippen LogP contribution in [0.25, 0.3) is 11.8 Å². The van der Waals surface area contributed by atoms with Crippen molar-refractivity contribution in [3.8, 4) is 0 Å². The number of benzene rings is 3. The lowest BCUT2D eigenvalue weighted by atomic mass is 10.1. The lowest BCUT2D eigenvalue weighted by Crippen LogP contribution is -2.25. The smallest absolute Gasteiger partial charge is 0.262 e. The predicted molar refractivity (Wildman–Crippen MR) is 122 cm³/mol. The van der Waals surface area contributed by atoms with Crippen LogP contribution in [-0.4, -0.2) is 20.0 Å². The SMILES string of the molecule is CN(C)c1ccc(N2C(=O)/C(=C/c3ccc(Cl)cc3)C=C2c2ccccc2)cc1. The van der Waals surface area contributed by atoms with E-state index in [1.165, 1.54) is 0 Å². The van der Waals surface area contributed by atoms with Crippen molar-refractivity contribution in [3.05, 3.63) is 107 Å². The summed E-state index contributed by atoms with van der Waals surface area (Å²) >= 11 is 5.99. The van der Waals surface area contributed by atoms with Crippen molar-refractivity contribution >= 4 is 40.7 Å². The molecule has 1 heterocycles. The van der Waals surface area contributed by atoms with Gasteiger partial charge in [0, 0.05) is 36.1 Å². The van der Waals surface area contributed by atoms with Crippen LogP contribution in [0.5, 0.6) is 0 Å². The zero-order chi connectivity index (χ0) is 20.4. The molecule has 0 unspecified atom stereocenters. The molecule has 29 heavy (non-hydrogen) atoms. The van der Waals surface area contributed by atoms with Gasteiger partial charge in [-0.3, -0.25) is 9.69 Å². The monoisotopic (exact) mass is 400 g/mol. The van der Waals surface area contributed by atoms with Crippen LogP contribution in [0.2, 0.25) is 5.02 Å². The quantitative estimate of drug-likeness (QED) is 0.511. The van der Waals surface area contributed by atoms with Gasteiger partial charge in [-0.15, -0.1) is 0 Å². The van der Waals surface area contributed by atoms with E-state index in [0.29, 0.717) is 10.6 Å². The Labute approximate surface area is 176 Å². The van der Waals surface area contributed by atoms with E-state index in [9.17, 15) is 4.79 Å². The molecule has 0 aromatic heterocycles. The summed E-state index contributed by atoms with van der Waals surface area (Å²) in [6.45, 7) is 0. The number of carbonyl (C=O) groups excluding carboxylic acids is 1. The van der Waals surface area contributed by atoms with Crippen molar-refractivity contribution in [2.24, 2.45) is 0 Å². The highest BCUT2D eigenvalue weighted by atomic mass is 35.5. The minimum absolute atomic E-state index is 0.0450. The highest BCUT2D eigenvalue weighted by molar-refractivity contribution is 6.30. The van der Waals surface area contributed by atoms with E-state index >= 15 is 0 Å². The van der Waals surface area contributed by atoms with E-state index in [4.69, 9.17) is 11.6 Å². The molecule has 0 saturated heterocycles. The van der Waals surface area contributed by atoms with Crippen LogP contribution in [0.3, 0.4) is 0 Å². The molecule has 0 radical (unpaired) electrons. The lowest BCUT2D eigenvalue weighted by molar-refractivity contribution is -0.113. The van der Waals surface area contributed by atoms with Crippen molar-refractivity contribution < 1.29 is 4.79 Å². The molecule has 4 rings (SSSR count). The van der Waals surface area contributed by atoms with E-state index < -0.39 is 0 Å². The number of hydrogen-bond donors (Lipinski definition) is 0.